The van der Waals surface area contributed by atoms with E-state index in [0.29, 0.717) is 0 Å². The number of hydrogen-bond acceptors (Lipinski definition) is 4. The van der Waals surface area contributed by atoms with E-state index >= 15 is 0 Å². The molecule has 0 spiro atoms. The van der Waals surface area contributed by atoms with Gasteiger partial charge in [0.15, 0.2) is 5.60 Å². The molecule has 0 N–H and O–H groups in total. The molecule has 2 heterocycles. The van der Waals surface area contributed by atoms with Crippen LogP contribution in [0.3, 0.4) is 0 Å². The van der Waals surface area contributed by atoms with Crippen molar-refractivity contribution in [2.24, 2.45) is 5.41 Å². The molecule has 1 saturated heterocycles. The van der Waals surface area contributed by atoms with E-state index in [1.165, 1.54) is 4.88 Å². The summed E-state index contributed by atoms with van der Waals surface area (Å²) in [6.07, 6.45) is 1.74. The summed E-state index contributed by atoms with van der Waals surface area (Å²) in [7, 11) is 0. The molecule has 1 fully saturated rings. The van der Waals surface area contributed by atoms with Gasteiger partial charge >= 0.3 is 5.97 Å². The number of esters is 1. The molecule has 1 aromatic heterocycles. The van der Waals surface area contributed by atoms with Gasteiger partial charge in [-0.15, -0.1) is 11.3 Å². The third kappa shape index (κ3) is 2.59. The molecule has 1 aliphatic rings. The second-order valence-electron chi connectivity index (χ2n) is 5.40. The number of thioether (sulfide) groups is 1. The molecule has 0 bridgehead atoms. The number of ether oxygens (including phenoxy) is 1. The van der Waals surface area contributed by atoms with Crippen LogP contribution in [0, 0.1) is 5.41 Å². The van der Waals surface area contributed by atoms with Crippen LogP contribution in [0.4, 0.5) is 0 Å². The minimum absolute atomic E-state index is 0.0686. The molecular weight excluding hydrogens is 264 g/mol. The molecule has 0 amide bonds. The highest BCUT2D eigenvalue weighted by atomic mass is 32.2. The monoisotopic (exact) mass is 284 g/mol. The molecule has 1 aliphatic heterocycles. The summed E-state index contributed by atoms with van der Waals surface area (Å²) in [5.74, 6) is 1.89. The molecule has 1 atom stereocenters. The van der Waals surface area contributed by atoms with Crippen molar-refractivity contribution in [2.75, 3.05) is 11.5 Å². The first-order valence-corrected chi connectivity index (χ1v) is 8.39. The fourth-order valence-corrected chi connectivity index (χ4v) is 4.16. The van der Waals surface area contributed by atoms with Crippen LogP contribution in [0.5, 0.6) is 0 Å². The summed E-state index contributed by atoms with van der Waals surface area (Å²) in [6, 6.07) is 4.12. The Morgan fingerprint density at radius 3 is 2.83 bits per heavy atom. The molecule has 0 saturated carbocycles. The van der Waals surface area contributed by atoms with Gasteiger partial charge in [-0.1, -0.05) is 13.0 Å². The van der Waals surface area contributed by atoms with Crippen LogP contribution < -0.4 is 0 Å². The van der Waals surface area contributed by atoms with Crippen LogP contribution >= 0.6 is 23.1 Å². The third-order valence-electron chi connectivity index (χ3n) is 3.68. The van der Waals surface area contributed by atoms with Crippen LogP contribution in [-0.2, 0) is 15.1 Å². The maximum Gasteiger partial charge on any atom is 0.312 e. The molecule has 100 valence electrons. The van der Waals surface area contributed by atoms with E-state index in [-0.39, 0.29) is 11.6 Å². The van der Waals surface area contributed by atoms with Crippen LogP contribution in [0.1, 0.15) is 38.5 Å². The Labute approximate surface area is 117 Å². The van der Waals surface area contributed by atoms with Crippen molar-refractivity contribution in [1.29, 1.82) is 0 Å². The van der Waals surface area contributed by atoms with Gasteiger partial charge in [0, 0.05) is 17.1 Å². The Balaban J connectivity index is 2.20. The summed E-state index contributed by atoms with van der Waals surface area (Å²) in [4.78, 5) is 13.5. The number of carbonyl (C=O) groups excluding carboxylic acids is 1. The van der Waals surface area contributed by atoms with Gasteiger partial charge in [-0.2, -0.15) is 11.8 Å². The molecule has 18 heavy (non-hydrogen) atoms. The van der Waals surface area contributed by atoms with Crippen molar-refractivity contribution in [3.05, 3.63) is 22.4 Å². The lowest BCUT2D eigenvalue weighted by molar-refractivity contribution is -0.169. The normalized spacial score (nSPS) is 24.2. The first-order valence-electron chi connectivity index (χ1n) is 6.35. The van der Waals surface area contributed by atoms with Gasteiger partial charge in [-0.05, 0) is 37.5 Å². The van der Waals surface area contributed by atoms with Crippen molar-refractivity contribution in [2.45, 2.75) is 39.2 Å². The van der Waals surface area contributed by atoms with Gasteiger partial charge in [0.2, 0.25) is 0 Å². The van der Waals surface area contributed by atoms with Crippen molar-refractivity contribution in [3.8, 4) is 0 Å². The third-order valence-corrected chi connectivity index (χ3v) is 5.90. The van der Waals surface area contributed by atoms with Crippen molar-refractivity contribution in [1.82, 2.24) is 0 Å². The minimum Gasteiger partial charge on any atom is -0.452 e. The Hall–Kier alpha value is -0.480. The smallest absolute Gasteiger partial charge is 0.312 e. The number of carbonyl (C=O) groups is 1. The highest BCUT2D eigenvalue weighted by Gasteiger charge is 2.43. The van der Waals surface area contributed by atoms with E-state index in [1.807, 2.05) is 38.6 Å². The second-order valence-corrected chi connectivity index (χ2v) is 7.45. The number of thiophene rings is 1. The first-order chi connectivity index (χ1) is 8.50. The zero-order chi connectivity index (χ0) is 13.2. The summed E-state index contributed by atoms with van der Waals surface area (Å²) < 4.78 is 5.95. The van der Waals surface area contributed by atoms with Crippen LogP contribution in [0.25, 0.3) is 0 Å². The Morgan fingerprint density at radius 1 is 1.56 bits per heavy atom. The largest absolute Gasteiger partial charge is 0.452 e. The second kappa shape index (κ2) is 5.25. The van der Waals surface area contributed by atoms with Crippen molar-refractivity contribution in [3.63, 3.8) is 0 Å². The molecular formula is C14H20O2S2. The SMILES string of the molecule is CCC(C)(C)C(=O)OC1(c2cccs2)CCSC1. The zero-order valence-electron chi connectivity index (χ0n) is 11.2. The molecule has 0 aromatic carbocycles. The summed E-state index contributed by atoms with van der Waals surface area (Å²) >= 11 is 3.56. The molecule has 0 radical (unpaired) electrons. The summed E-state index contributed by atoms with van der Waals surface area (Å²) in [5.41, 5.74) is -0.764. The van der Waals surface area contributed by atoms with E-state index in [2.05, 4.69) is 11.4 Å². The van der Waals surface area contributed by atoms with Gasteiger partial charge in [-0.3, -0.25) is 4.79 Å². The molecule has 0 aliphatic carbocycles. The van der Waals surface area contributed by atoms with E-state index in [1.54, 1.807) is 11.3 Å². The number of hydrogen-bond donors (Lipinski definition) is 0. The van der Waals surface area contributed by atoms with Gasteiger partial charge in [0.05, 0.1) is 5.41 Å². The summed E-state index contributed by atoms with van der Waals surface area (Å²) in [6.45, 7) is 5.95. The van der Waals surface area contributed by atoms with E-state index in [0.717, 1.165) is 24.3 Å². The summed E-state index contributed by atoms with van der Waals surface area (Å²) in [5, 5.41) is 2.05. The highest BCUT2D eigenvalue weighted by Crippen LogP contribution is 2.43. The lowest BCUT2D eigenvalue weighted by Crippen LogP contribution is -2.37. The van der Waals surface area contributed by atoms with E-state index < -0.39 is 5.41 Å². The maximum absolute atomic E-state index is 12.3. The lowest BCUT2D eigenvalue weighted by Gasteiger charge is -2.31. The fourth-order valence-electron chi connectivity index (χ4n) is 1.87. The molecule has 2 nitrogen and oxygen atoms in total. The standard InChI is InChI=1S/C14H20O2S2/c1-4-13(2,3)12(15)16-14(7-9-17-10-14)11-6-5-8-18-11/h5-6,8H,4,7,9-10H2,1-3H3. The minimum atomic E-state index is -0.391. The predicted octanol–water partition coefficient (Wildman–Crippen LogP) is 4.06. The average molecular weight is 284 g/mol. The van der Waals surface area contributed by atoms with Crippen molar-refractivity contribution >= 4 is 29.1 Å². The Bertz CT molecular complexity index is 403. The highest BCUT2D eigenvalue weighted by molar-refractivity contribution is 7.99. The van der Waals surface area contributed by atoms with Crippen LogP contribution in [0.2, 0.25) is 0 Å². The van der Waals surface area contributed by atoms with Crippen LogP contribution in [0.15, 0.2) is 17.5 Å². The van der Waals surface area contributed by atoms with Crippen molar-refractivity contribution < 1.29 is 9.53 Å². The average Bonchev–Trinajstić information content (AvgIpc) is 2.99. The van der Waals surface area contributed by atoms with Crippen LogP contribution in [-0.4, -0.2) is 17.5 Å². The van der Waals surface area contributed by atoms with Gasteiger partial charge in [0.25, 0.3) is 0 Å². The zero-order valence-corrected chi connectivity index (χ0v) is 12.8. The van der Waals surface area contributed by atoms with Gasteiger partial charge < -0.3 is 4.74 Å². The molecule has 1 unspecified atom stereocenters. The van der Waals surface area contributed by atoms with Gasteiger partial charge in [-0.25, -0.2) is 0 Å². The molecule has 2 rings (SSSR count). The topological polar surface area (TPSA) is 26.3 Å². The molecule has 4 heteroatoms. The van der Waals surface area contributed by atoms with E-state index in [4.69, 9.17) is 4.74 Å². The first kappa shape index (κ1) is 13.9. The molecule has 1 aromatic rings. The quantitative estimate of drug-likeness (QED) is 0.780. The fraction of sp³-hybridized carbons (Fsp3) is 0.643. The Kier molecular flexibility index (Phi) is 4.07. The van der Waals surface area contributed by atoms with Gasteiger partial charge in [0.1, 0.15) is 0 Å². The maximum atomic E-state index is 12.3. The Morgan fingerprint density at radius 2 is 2.33 bits per heavy atom. The number of rotatable bonds is 4. The predicted molar refractivity (Wildman–Crippen MR) is 78.1 cm³/mol. The van der Waals surface area contributed by atoms with E-state index in [9.17, 15) is 4.79 Å². The lowest BCUT2D eigenvalue weighted by atomic mass is 9.90.